The van der Waals surface area contributed by atoms with Crippen molar-refractivity contribution in [2.45, 2.75) is 31.6 Å². The van der Waals surface area contributed by atoms with Gasteiger partial charge in [0, 0.05) is 29.3 Å². The number of anilines is 3. The van der Waals surface area contributed by atoms with Crippen LogP contribution in [-0.2, 0) is 4.79 Å². The third kappa shape index (κ3) is 4.49. The van der Waals surface area contributed by atoms with E-state index >= 15 is 0 Å². The van der Waals surface area contributed by atoms with Gasteiger partial charge in [-0.1, -0.05) is 12.1 Å². The Balaban J connectivity index is 1.26. The SMILES string of the molecule is O=C(Nc1ccc(-c2ccnc(Nc3cnc(C4CCNCC4)s3)n2)cc1)C1CC1. The number of rotatable bonds is 6. The van der Waals surface area contributed by atoms with Gasteiger partial charge in [0.15, 0.2) is 0 Å². The number of carbonyl (C=O) groups is 1. The normalized spacial score (nSPS) is 16.9. The van der Waals surface area contributed by atoms with E-state index in [-0.39, 0.29) is 11.8 Å². The zero-order chi connectivity index (χ0) is 20.3. The molecule has 154 valence electrons. The van der Waals surface area contributed by atoms with Crippen molar-refractivity contribution in [2.75, 3.05) is 23.7 Å². The van der Waals surface area contributed by atoms with Crippen LogP contribution < -0.4 is 16.0 Å². The molecule has 1 aliphatic carbocycles. The highest BCUT2D eigenvalue weighted by Gasteiger charge is 2.29. The standard InChI is InChI=1S/C22H24N6OS/c29-20(15-1-2-15)26-17-5-3-14(4-6-17)18-9-12-24-22(27-18)28-19-13-25-21(30-19)16-7-10-23-11-8-16/h3-6,9,12-13,15-16,23H,1-2,7-8,10-11H2,(H,26,29)(H,24,27,28). The average Bonchev–Trinajstić information content (AvgIpc) is 3.54. The largest absolute Gasteiger partial charge is 0.326 e. The third-order valence-corrected chi connectivity index (χ3v) is 6.57. The van der Waals surface area contributed by atoms with Gasteiger partial charge in [0.25, 0.3) is 0 Å². The quantitative estimate of drug-likeness (QED) is 0.555. The second kappa shape index (κ2) is 8.49. The summed E-state index contributed by atoms with van der Waals surface area (Å²) in [6, 6.07) is 9.65. The number of aromatic nitrogens is 3. The fraction of sp³-hybridized carbons (Fsp3) is 0.364. The summed E-state index contributed by atoms with van der Waals surface area (Å²) in [7, 11) is 0. The van der Waals surface area contributed by atoms with E-state index in [0.717, 1.165) is 60.7 Å². The number of hydrogen-bond acceptors (Lipinski definition) is 7. The molecule has 0 spiro atoms. The first kappa shape index (κ1) is 19.1. The van der Waals surface area contributed by atoms with Gasteiger partial charge in [0.1, 0.15) is 5.00 Å². The Hall–Kier alpha value is -2.84. The van der Waals surface area contributed by atoms with E-state index in [0.29, 0.717) is 11.9 Å². The second-order valence-electron chi connectivity index (χ2n) is 7.82. The van der Waals surface area contributed by atoms with Crippen LogP contribution in [0.5, 0.6) is 0 Å². The minimum atomic E-state index is 0.115. The molecule has 7 nitrogen and oxygen atoms in total. The molecule has 3 heterocycles. The molecule has 1 aromatic carbocycles. The molecule has 2 fully saturated rings. The lowest BCUT2D eigenvalue weighted by atomic mass is 9.99. The van der Waals surface area contributed by atoms with Gasteiger partial charge in [-0.15, -0.1) is 11.3 Å². The van der Waals surface area contributed by atoms with Gasteiger partial charge in [0.2, 0.25) is 11.9 Å². The van der Waals surface area contributed by atoms with E-state index in [2.05, 4.69) is 30.9 Å². The minimum absolute atomic E-state index is 0.115. The summed E-state index contributed by atoms with van der Waals surface area (Å²) < 4.78 is 0. The molecule has 0 radical (unpaired) electrons. The molecule has 1 aliphatic heterocycles. The fourth-order valence-electron chi connectivity index (χ4n) is 3.61. The van der Waals surface area contributed by atoms with Gasteiger partial charge in [-0.2, -0.15) is 0 Å². The minimum Gasteiger partial charge on any atom is -0.326 e. The number of carbonyl (C=O) groups excluding carboxylic acids is 1. The fourth-order valence-corrected chi connectivity index (χ4v) is 4.59. The third-order valence-electron chi connectivity index (χ3n) is 5.50. The highest BCUT2D eigenvalue weighted by molar-refractivity contribution is 7.15. The average molecular weight is 421 g/mol. The second-order valence-corrected chi connectivity index (χ2v) is 8.88. The molecule has 5 rings (SSSR count). The zero-order valence-corrected chi connectivity index (χ0v) is 17.4. The summed E-state index contributed by atoms with van der Waals surface area (Å²) in [5.41, 5.74) is 2.62. The lowest BCUT2D eigenvalue weighted by Gasteiger charge is -2.20. The van der Waals surface area contributed by atoms with Crippen molar-refractivity contribution >= 4 is 33.9 Å². The first-order valence-corrected chi connectivity index (χ1v) is 11.2. The van der Waals surface area contributed by atoms with E-state index in [1.807, 2.05) is 36.5 Å². The molecular formula is C22H24N6OS. The number of amides is 1. The maximum atomic E-state index is 11.9. The Labute approximate surface area is 179 Å². The van der Waals surface area contributed by atoms with Crippen LogP contribution in [0.15, 0.2) is 42.7 Å². The van der Waals surface area contributed by atoms with Crippen LogP contribution >= 0.6 is 11.3 Å². The van der Waals surface area contributed by atoms with Gasteiger partial charge in [-0.3, -0.25) is 4.79 Å². The highest BCUT2D eigenvalue weighted by atomic mass is 32.1. The van der Waals surface area contributed by atoms with Crippen LogP contribution in [0.2, 0.25) is 0 Å². The molecule has 1 saturated heterocycles. The van der Waals surface area contributed by atoms with Gasteiger partial charge in [0.05, 0.1) is 16.9 Å². The Kier molecular flexibility index (Phi) is 5.42. The number of nitrogens with one attached hydrogen (secondary N) is 3. The number of piperidine rings is 1. The van der Waals surface area contributed by atoms with Gasteiger partial charge >= 0.3 is 0 Å². The highest BCUT2D eigenvalue weighted by Crippen LogP contribution is 2.33. The molecule has 0 unspecified atom stereocenters. The lowest BCUT2D eigenvalue weighted by Crippen LogP contribution is -2.26. The van der Waals surface area contributed by atoms with Crippen LogP contribution in [0.1, 0.15) is 36.6 Å². The van der Waals surface area contributed by atoms with Crippen LogP contribution in [0.3, 0.4) is 0 Å². The number of nitrogens with zero attached hydrogens (tertiary/aromatic N) is 3. The smallest absolute Gasteiger partial charge is 0.228 e. The van der Waals surface area contributed by atoms with Gasteiger partial charge in [-0.05, 0) is 57.0 Å². The molecule has 1 saturated carbocycles. The summed E-state index contributed by atoms with van der Waals surface area (Å²) in [5, 5.41) is 11.8. The van der Waals surface area contributed by atoms with E-state index in [1.54, 1.807) is 17.5 Å². The first-order valence-electron chi connectivity index (χ1n) is 10.4. The first-order chi connectivity index (χ1) is 14.7. The molecule has 0 bridgehead atoms. The van der Waals surface area contributed by atoms with Crippen molar-refractivity contribution in [3.8, 4) is 11.3 Å². The van der Waals surface area contributed by atoms with E-state index < -0.39 is 0 Å². The molecule has 8 heteroatoms. The van der Waals surface area contributed by atoms with Crippen LogP contribution in [0.4, 0.5) is 16.6 Å². The Morgan fingerprint density at radius 3 is 2.60 bits per heavy atom. The molecule has 2 aliphatic rings. The van der Waals surface area contributed by atoms with E-state index in [1.165, 1.54) is 5.01 Å². The van der Waals surface area contributed by atoms with Crippen LogP contribution in [0.25, 0.3) is 11.3 Å². The van der Waals surface area contributed by atoms with Crippen molar-refractivity contribution < 1.29 is 4.79 Å². The van der Waals surface area contributed by atoms with Crippen molar-refractivity contribution in [3.05, 3.63) is 47.7 Å². The maximum absolute atomic E-state index is 11.9. The summed E-state index contributed by atoms with van der Waals surface area (Å²) in [6.45, 7) is 2.11. The van der Waals surface area contributed by atoms with Crippen molar-refractivity contribution in [1.82, 2.24) is 20.3 Å². The Bertz CT molecular complexity index is 1020. The number of hydrogen-bond donors (Lipinski definition) is 3. The van der Waals surface area contributed by atoms with Crippen molar-refractivity contribution in [1.29, 1.82) is 0 Å². The van der Waals surface area contributed by atoms with E-state index in [9.17, 15) is 4.79 Å². The van der Waals surface area contributed by atoms with Crippen LogP contribution in [-0.4, -0.2) is 33.9 Å². The Morgan fingerprint density at radius 2 is 1.83 bits per heavy atom. The Morgan fingerprint density at radius 1 is 1.03 bits per heavy atom. The lowest BCUT2D eigenvalue weighted by molar-refractivity contribution is -0.117. The predicted molar refractivity (Wildman–Crippen MR) is 119 cm³/mol. The predicted octanol–water partition coefficient (Wildman–Crippen LogP) is 4.16. The molecule has 3 aromatic rings. The maximum Gasteiger partial charge on any atom is 0.228 e. The molecular weight excluding hydrogens is 396 g/mol. The topological polar surface area (TPSA) is 91.8 Å². The number of thiazole rings is 1. The molecule has 0 atom stereocenters. The van der Waals surface area contributed by atoms with Crippen molar-refractivity contribution in [2.24, 2.45) is 5.92 Å². The summed E-state index contributed by atoms with van der Waals surface area (Å²) in [6.07, 6.45) is 7.89. The zero-order valence-electron chi connectivity index (χ0n) is 16.6. The van der Waals surface area contributed by atoms with E-state index in [4.69, 9.17) is 0 Å². The van der Waals surface area contributed by atoms with Gasteiger partial charge < -0.3 is 16.0 Å². The summed E-state index contributed by atoms with van der Waals surface area (Å²) >= 11 is 1.68. The van der Waals surface area contributed by atoms with Crippen molar-refractivity contribution in [3.63, 3.8) is 0 Å². The molecule has 3 N–H and O–H groups in total. The monoisotopic (exact) mass is 420 g/mol. The molecule has 30 heavy (non-hydrogen) atoms. The number of benzene rings is 1. The van der Waals surface area contributed by atoms with Gasteiger partial charge in [-0.25, -0.2) is 15.0 Å². The van der Waals surface area contributed by atoms with Crippen LogP contribution in [0, 0.1) is 5.92 Å². The summed E-state index contributed by atoms with van der Waals surface area (Å²) in [4.78, 5) is 25.5. The summed E-state index contributed by atoms with van der Waals surface area (Å²) in [5.74, 6) is 1.41. The molecule has 1 amide bonds. The molecule has 2 aromatic heterocycles.